The van der Waals surface area contributed by atoms with Crippen LogP contribution in [0.5, 0.6) is 0 Å². The van der Waals surface area contributed by atoms with Gasteiger partial charge in [-0.25, -0.2) is 0 Å². The third-order valence-electron chi connectivity index (χ3n) is 3.01. The lowest BCUT2D eigenvalue weighted by Gasteiger charge is -2.05. The van der Waals surface area contributed by atoms with Gasteiger partial charge in [0.15, 0.2) is 0 Å². The first kappa shape index (κ1) is 13.3. The number of aromatic nitrogens is 1. The SMILES string of the molecule is Nc1ccc(SCc2ccc3ccccc3n2)cc1Cl. The number of anilines is 1. The zero-order valence-corrected chi connectivity index (χ0v) is 12.3. The fourth-order valence-electron chi connectivity index (χ4n) is 1.94. The number of para-hydroxylation sites is 1. The van der Waals surface area contributed by atoms with E-state index in [0.717, 1.165) is 27.2 Å². The second-order valence-electron chi connectivity index (χ2n) is 4.47. The largest absolute Gasteiger partial charge is 0.398 e. The molecule has 3 aromatic rings. The summed E-state index contributed by atoms with van der Waals surface area (Å²) in [5, 5.41) is 1.76. The van der Waals surface area contributed by atoms with Crippen LogP contribution in [-0.2, 0) is 5.75 Å². The summed E-state index contributed by atoms with van der Waals surface area (Å²) in [4.78, 5) is 5.75. The predicted molar refractivity (Wildman–Crippen MR) is 87.2 cm³/mol. The number of benzene rings is 2. The van der Waals surface area contributed by atoms with E-state index in [2.05, 4.69) is 23.2 Å². The van der Waals surface area contributed by atoms with E-state index in [1.54, 1.807) is 11.8 Å². The highest BCUT2D eigenvalue weighted by Crippen LogP contribution is 2.28. The Balaban J connectivity index is 1.77. The van der Waals surface area contributed by atoms with Gasteiger partial charge in [0, 0.05) is 16.0 Å². The van der Waals surface area contributed by atoms with Crippen molar-refractivity contribution in [1.82, 2.24) is 4.98 Å². The topological polar surface area (TPSA) is 38.9 Å². The summed E-state index contributed by atoms with van der Waals surface area (Å²) in [6.45, 7) is 0. The molecule has 0 unspecified atom stereocenters. The van der Waals surface area contributed by atoms with Crippen LogP contribution in [0.25, 0.3) is 10.9 Å². The van der Waals surface area contributed by atoms with Gasteiger partial charge in [-0.2, -0.15) is 0 Å². The molecule has 2 aromatic carbocycles. The van der Waals surface area contributed by atoms with Gasteiger partial charge in [0.05, 0.1) is 21.9 Å². The first-order chi connectivity index (χ1) is 9.72. The van der Waals surface area contributed by atoms with E-state index in [9.17, 15) is 0 Å². The second-order valence-corrected chi connectivity index (χ2v) is 5.92. The van der Waals surface area contributed by atoms with Gasteiger partial charge in [0.25, 0.3) is 0 Å². The summed E-state index contributed by atoms with van der Waals surface area (Å²) in [6, 6.07) is 18.0. The van der Waals surface area contributed by atoms with Crippen molar-refractivity contribution < 1.29 is 0 Å². The number of hydrogen-bond donors (Lipinski definition) is 1. The van der Waals surface area contributed by atoms with Crippen molar-refractivity contribution in [1.29, 1.82) is 0 Å². The Hall–Kier alpha value is -1.71. The number of nitrogens with two attached hydrogens (primary N) is 1. The normalized spacial score (nSPS) is 10.8. The van der Waals surface area contributed by atoms with Crippen LogP contribution < -0.4 is 5.73 Å². The van der Waals surface area contributed by atoms with E-state index in [1.165, 1.54) is 0 Å². The first-order valence-electron chi connectivity index (χ1n) is 6.25. The monoisotopic (exact) mass is 300 g/mol. The van der Waals surface area contributed by atoms with Crippen molar-refractivity contribution in [3.8, 4) is 0 Å². The minimum absolute atomic E-state index is 0.599. The molecule has 0 aliphatic rings. The second kappa shape index (κ2) is 5.73. The summed E-state index contributed by atoms with van der Waals surface area (Å²) < 4.78 is 0. The van der Waals surface area contributed by atoms with Crippen molar-refractivity contribution in [2.45, 2.75) is 10.6 Å². The summed E-state index contributed by atoms with van der Waals surface area (Å²) >= 11 is 7.72. The van der Waals surface area contributed by atoms with Gasteiger partial charge in [-0.15, -0.1) is 11.8 Å². The van der Waals surface area contributed by atoms with Gasteiger partial charge in [0.2, 0.25) is 0 Å². The Morgan fingerprint density at radius 3 is 2.75 bits per heavy atom. The molecule has 3 rings (SSSR count). The zero-order chi connectivity index (χ0) is 13.9. The van der Waals surface area contributed by atoms with Gasteiger partial charge in [0.1, 0.15) is 0 Å². The van der Waals surface area contributed by atoms with Gasteiger partial charge in [-0.1, -0.05) is 35.9 Å². The fourth-order valence-corrected chi connectivity index (χ4v) is 3.03. The molecule has 1 heterocycles. The highest BCUT2D eigenvalue weighted by atomic mass is 35.5. The molecule has 0 atom stereocenters. The molecule has 1 aromatic heterocycles. The lowest BCUT2D eigenvalue weighted by atomic mass is 10.2. The quantitative estimate of drug-likeness (QED) is 0.560. The number of nitrogen functional groups attached to an aromatic ring is 1. The third-order valence-corrected chi connectivity index (χ3v) is 4.37. The molecule has 2 nitrogen and oxygen atoms in total. The molecular formula is C16H13ClN2S. The fraction of sp³-hybridized carbons (Fsp3) is 0.0625. The lowest BCUT2D eigenvalue weighted by molar-refractivity contribution is 1.22. The van der Waals surface area contributed by atoms with Crippen LogP contribution in [0.3, 0.4) is 0 Å². The van der Waals surface area contributed by atoms with E-state index in [1.807, 2.05) is 36.4 Å². The Kier molecular flexibility index (Phi) is 3.81. The molecular weight excluding hydrogens is 288 g/mol. The molecule has 0 fully saturated rings. The number of fused-ring (bicyclic) bond motifs is 1. The number of halogens is 1. The molecule has 20 heavy (non-hydrogen) atoms. The summed E-state index contributed by atoms with van der Waals surface area (Å²) in [5.41, 5.74) is 8.40. The summed E-state index contributed by atoms with van der Waals surface area (Å²) in [5.74, 6) is 0.811. The van der Waals surface area contributed by atoms with Crippen LogP contribution in [0, 0.1) is 0 Å². The van der Waals surface area contributed by atoms with Crippen molar-refractivity contribution in [3.05, 3.63) is 65.3 Å². The van der Waals surface area contributed by atoms with E-state index in [4.69, 9.17) is 17.3 Å². The Labute approximate surface area is 127 Å². The molecule has 0 spiro atoms. The maximum atomic E-state index is 6.02. The maximum Gasteiger partial charge on any atom is 0.0705 e. The van der Waals surface area contributed by atoms with Crippen LogP contribution in [0.15, 0.2) is 59.5 Å². The number of thioether (sulfide) groups is 1. The smallest absolute Gasteiger partial charge is 0.0705 e. The summed E-state index contributed by atoms with van der Waals surface area (Å²) in [7, 11) is 0. The third kappa shape index (κ3) is 2.89. The van der Waals surface area contributed by atoms with Crippen LogP contribution in [0.4, 0.5) is 5.69 Å². The van der Waals surface area contributed by atoms with E-state index in [0.29, 0.717) is 10.7 Å². The minimum atomic E-state index is 0.599. The number of hydrogen-bond acceptors (Lipinski definition) is 3. The molecule has 100 valence electrons. The average Bonchev–Trinajstić information content (AvgIpc) is 2.48. The van der Waals surface area contributed by atoms with Crippen molar-refractivity contribution in [2.24, 2.45) is 0 Å². The Bertz CT molecular complexity index is 758. The van der Waals surface area contributed by atoms with Gasteiger partial charge >= 0.3 is 0 Å². The van der Waals surface area contributed by atoms with Gasteiger partial charge in [-0.3, -0.25) is 4.98 Å². The van der Waals surface area contributed by atoms with Gasteiger partial charge < -0.3 is 5.73 Å². The molecule has 0 amide bonds. The van der Waals surface area contributed by atoms with E-state index < -0.39 is 0 Å². The minimum Gasteiger partial charge on any atom is -0.398 e. The van der Waals surface area contributed by atoms with Crippen molar-refractivity contribution in [2.75, 3.05) is 5.73 Å². The molecule has 4 heteroatoms. The first-order valence-corrected chi connectivity index (χ1v) is 7.61. The van der Waals surface area contributed by atoms with Crippen LogP contribution in [-0.4, -0.2) is 4.98 Å². The number of nitrogens with zero attached hydrogens (tertiary/aromatic N) is 1. The van der Waals surface area contributed by atoms with Crippen LogP contribution in [0.2, 0.25) is 5.02 Å². The van der Waals surface area contributed by atoms with Crippen LogP contribution >= 0.6 is 23.4 Å². The average molecular weight is 301 g/mol. The molecule has 0 bridgehead atoms. The van der Waals surface area contributed by atoms with E-state index in [-0.39, 0.29) is 0 Å². The number of pyridine rings is 1. The lowest BCUT2D eigenvalue weighted by Crippen LogP contribution is -1.89. The van der Waals surface area contributed by atoms with Crippen molar-refractivity contribution in [3.63, 3.8) is 0 Å². The Morgan fingerprint density at radius 1 is 1.05 bits per heavy atom. The Morgan fingerprint density at radius 2 is 1.90 bits per heavy atom. The summed E-state index contributed by atoms with van der Waals surface area (Å²) in [6.07, 6.45) is 0. The molecule has 0 saturated carbocycles. The predicted octanol–water partition coefficient (Wildman–Crippen LogP) is 4.76. The highest BCUT2D eigenvalue weighted by Gasteiger charge is 2.02. The van der Waals surface area contributed by atoms with Crippen molar-refractivity contribution >= 4 is 40.0 Å². The molecule has 0 radical (unpaired) electrons. The molecule has 2 N–H and O–H groups in total. The maximum absolute atomic E-state index is 6.02. The number of rotatable bonds is 3. The van der Waals surface area contributed by atoms with E-state index >= 15 is 0 Å². The zero-order valence-electron chi connectivity index (χ0n) is 10.7. The highest BCUT2D eigenvalue weighted by molar-refractivity contribution is 7.98. The molecule has 0 saturated heterocycles. The molecule has 0 aliphatic heterocycles. The molecule has 0 aliphatic carbocycles. The van der Waals surface area contributed by atoms with Gasteiger partial charge in [-0.05, 0) is 30.3 Å². The van der Waals surface area contributed by atoms with Crippen LogP contribution in [0.1, 0.15) is 5.69 Å². The standard InChI is InChI=1S/C16H13ClN2S/c17-14-9-13(7-8-15(14)18)20-10-12-6-5-11-3-1-2-4-16(11)19-12/h1-9H,10,18H2.